The summed E-state index contributed by atoms with van der Waals surface area (Å²) in [4.78, 5) is 0. The fraction of sp³-hybridized carbons (Fsp3) is 1.00. The molecule has 0 bridgehead atoms. The maximum Gasteiger partial charge on any atom is -0.0386 e. The number of hydrogen-bond acceptors (Lipinski definition) is 0. The van der Waals surface area contributed by atoms with Gasteiger partial charge in [0.15, 0.2) is 0 Å². The van der Waals surface area contributed by atoms with Gasteiger partial charge in [-0.1, -0.05) is 46.0 Å². The van der Waals surface area contributed by atoms with E-state index in [2.05, 4.69) is 13.8 Å². The quantitative estimate of drug-likeness (QED) is 0.512. The highest BCUT2D eigenvalue weighted by molar-refractivity contribution is 4.81. The molecule has 1 aliphatic rings. The van der Waals surface area contributed by atoms with E-state index in [4.69, 9.17) is 0 Å². The SMILES string of the molecule is CCCCCC[C@H]1C[C@@H]1C. The third-order valence-corrected chi connectivity index (χ3v) is 2.70. The van der Waals surface area contributed by atoms with Crippen LogP contribution >= 0.6 is 0 Å². The van der Waals surface area contributed by atoms with E-state index in [9.17, 15) is 0 Å². The van der Waals surface area contributed by atoms with Crippen LogP contribution < -0.4 is 0 Å². The lowest BCUT2D eigenvalue weighted by molar-refractivity contribution is 0.577. The first-order chi connectivity index (χ1) is 4.84. The normalized spacial score (nSPS) is 30.6. The summed E-state index contributed by atoms with van der Waals surface area (Å²) in [5.41, 5.74) is 0. The van der Waals surface area contributed by atoms with Gasteiger partial charge < -0.3 is 0 Å². The topological polar surface area (TPSA) is 0 Å². The molecule has 0 aromatic rings. The zero-order valence-electron chi connectivity index (χ0n) is 7.40. The van der Waals surface area contributed by atoms with Crippen molar-refractivity contribution in [2.75, 3.05) is 0 Å². The smallest absolute Gasteiger partial charge is 0.0386 e. The van der Waals surface area contributed by atoms with E-state index >= 15 is 0 Å². The van der Waals surface area contributed by atoms with Crippen molar-refractivity contribution in [2.24, 2.45) is 11.8 Å². The van der Waals surface area contributed by atoms with Crippen LogP contribution in [-0.2, 0) is 0 Å². The molecule has 0 amide bonds. The van der Waals surface area contributed by atoms with Crippen LogP contribution in [0.3, 0.4) is 0 Å². The Morgan fingerprint density at radius 1 is 1.20 bits per heavy atom. The van der Waals surface area contributed by atoms with Crippen molar-refractivity contribution in [3.05, 3.63) is 0 Å². The van der Waals surface area contributed by atoms with Crippen molar-refractivity contribution in [3.8, 4) is 0 Å². The van der Waals surface area contributed by atoms with Gasteiger partial charge >= 0.3 is 0 Å². The summed E-state index contributed by atoms with van der Waals surface area (Å²) in [5, 5.41) is 0. The maximum absolute atomic E-state index is 2.38. The van der Waals surface area contributed by atoms with E-state index in [1.54, 1.807) is 0 Å². The molecule has 1 rings (SSSR count). The molecule has 2 atom stereocenters. The average molecular weight is 140 g/mol. The van der Waals surface area contributed by atoms with Crippen LogP contribution in [-0.4, -0.2) is 0 Å². The van der Waals surface area contributed by atoms with Gasteiger partial charge in [0.1, 0.15) is 0 Å². The molecule has 0 saturated heterocycles. The van der Waals surface area contributed by atoms with E-state index in [-0.39, 0.29) is 0 Å². The Labute approximate surface area is 65.0 Å². The second-order valence-electron chi connectivity index (χ2n) is 3.82. The van der Waals surface area contributed by atoms with Gasteiger partial charge in [-0.05, 0) is 18.3 Å². The molecule has 0 heteroatoms. The highest BCUT2D eigenvalue weighted by atomic mass is 14.4. The first-order valence-electron chi connectivity index (χ1n) is 4.84. The third-order valence-electron chi connectivity index (χ3n) is 2.70. The predicted molar refractivity (Wildman–Crippen MR) is 46.0 cm³/mol. The number of rotatable bonds is 5. The lowest BCUT2D eigenvalue weighted by Gasteiger charge is -1.96. The molecule has 10 heavy (non-hydrogen) atoms. The largest absolute Gasteiger partial charge is 0.0654 e. The number of hydrogen-bond donors (Lipinski definition) is 0. The van der Waals surface area contributed by atoms with Crippen molar-refractivity contribution < 1.29 is 0 Å². The molecule has 0 unspecified atom stereocenters. The highest BCUT2D eigenvalue weighted by Crippen LogP contribution is 2.41. The second kappa shape index (κ2) is 4.00. The molecule has 0 aromatic carbocycles. The molecular weight excluding hydrogens is 120 g/mol. The second-order valence-corrected chi connectivity index (χ2v) is 3.82. The third kappa shape index (κ3) is 2.72. The maximum atomic E-state index is 2.38. The summed E-state index contributed by atoms with van der Waals surface area (Å²) < 4.78 is 0. The summed E-state index contributed by atoms with van der Waals surface area (Å²) in [5.74, 6) is 2.19. The molecule has 0 radical (unpaired) electrons. The lowest BCUT2D eigenvalue weighted by Crippen LogP contribution is -1.80. The van der Waals surface area contributed by atoms with Crippen molar-refractivity contribution in [1.29, 1.82) is 0 Å². The summed E-state index contributed by atoms with van der Waals surface area (Å²) in [6, 6.07) is 0. The van der Waals surface area contributed by atoms with E-state index in [1.165, 1.54) is 38.5 Å². The van der Waals surface area contributed by atoms with Crippen LogP contribution in [0.25, 0.3) is 0 Å². The Morgan fingerprint density at radius 3 is 2.40 bits per heavy atom. The molecule has 1 saturated carbocycles. The van der Waals surface area contributed by atoms with Gasteiger partial charge in [0.05, 0.1) is 0 Å². The molecule has 0 nitrogen and oxygen atoms in total. The van der Waals surface area contributed by atoms with Gasteiger partial charge in [-0.25, -0.2) is 0 Å². The molecule has 0 spiro atoms. The van der Waals surface area contributed by atoms with Crippen LogP contribution in [0.2, 0.25) is 0 Å². The molecule has 0 N–H and O–H groups in total. The van der Waals surface area contributed by atoms with E-state index < -0.39 is 0 Å². The lowest BCUT2D eigenvalue weighted by atomic mass is 10.1. The Hall–Kier alpha value is 0. The number of unbranched alkanes of at least 4 members (excludes halogenated alkanes) is 3. The van der Waals surface area contributed by atoms with Crippen LogP contribution in [0.15, 0.2) is 0 Å². The van der Waals surface area contributed by atoms with E-state index in [1.807, 2.05) is 0 Å². The van der Waals surface area contributed by atoms with Gasteiger partial charge in [0.25, 0.3) is 0 Å². The summed E-state index contributed by atoms with van der Waals surface area (Å²) in [7, 11) is 0. The van der Waals surface area contributed by atoms with Crippen molar-refractivity contribution in [3.63, 3.8) is 0 Å². The Morgan fingerprint density at radius 2 is 1.90 bits per heavy atom. The molecule has 0 aromatic heterocycles. The van der Waals surface area contributed by atoms with Gasteiger partial charge in [-0.2, -0.15) is 0 Å². The first kappa shape index (κ1) is 8.10. The molecule has 1 aliphatic carbocycles. The standard InChI is InChI=1S/C10H20/c1-3-4-5-6-7-10-8-9(10)2/h9-10H,3-8H2,1-2H3/t9-,10-/m0/s1. The zero-order valence-corrected chi connectivity index (χ0v) is 7.40. The minimum absolute atomic E-state index is 1.07. The van der Waals surface area contributed by atoms with E-state index in [0.29, 0.717) is 0 Å². The van der Waals surface area contributed by atoms with Gasteiger partial charge in [0.2, 0.25) is 0 Å². The van der Waals surface area contributed by atoms with Crippen molar-refractivity contribution in [2.45, 2.75) is 52.4 Å². The average Bonchev–Trinajstić information content (AvgIpc) is 2.60. The molecule has 60 valence electrons. The molecule has 0 heterocycles. The van der Waals surface area contributed by atoms with Crippen molar-refractivity contribution in [1.82, 2.24) is 0 Å². The summed E-state index contributed by atoms with van der Waals surface area (Å²) >= 11 is 0. The minimum Gasteiger partial charge on any atom is -0.0654 e. The van der Waals surface area contributed by atoms with Gasteiger partial charge in [-0.15, -0.1) is 0 Å². The monoisotopic (exact) mass is 140 g/mol. The Bertz CT molecular complexity index is 86.0. The Balaban J connectivity index is 1.78. The minimum atomic E-state index is 1.07. The molecular formula is C10H20. The molecule has 0 aliphatic heterocycles. The molecule has 1 fully saturated rings. The van der Waals surface area contributed by atoms with Gasteiger partial charge in [0, 0.05) is 0 Å². The summed E-state index contributed by atoms with van der Waals surface area (Å²) in [6.45, 7) is 4.66. The van der Waals surface area contributed by atoms with Crippen LogP contribution in [0.1, 0.15) is 52.4 Å². The predicted octanol–water partition coefficient (Wildman–Crippen LogP) is 3.61. The Kier molecular flexibility index (Phi) is 3.24. The zero-order chi connectivity index (χ0) is 7.40. The highest BCUT2D eigenvalue weighted by Gasteiger charge is 2.31. The van der Waals surface area contributed by atoms with Crippen LogP contribution in [0.4, 0.5) is 0 Å². The van der Waals surface area contributed by atoms with Crippen LogP contribution in [0.5, 0.6) is 0 Å². The fourth-order valence-electron chi connectivity index (χ4n) is 1.63. The van der Waals surface area contributed by atoms with Gasteiger partial charge in [-0.3, -0.25) is 0 Å². The fourth-order valence-corrected chi connectivity index (χ4v) is 1.63. The van der Waals surface area contributed by atoms with E-state index in [0.717, 1.165) is 11.8 Å². The summed E-state index contributed by atoms with van der Waals surface area (Å²) in [6.07, 6.45) is 8.82. The van der Waals surface area contributed by atoms with Crippen molar-refractivity contribution >= 4 is 0 Å². The first-order valence-corrected chi connectivity index (χ1v) is 4.84. The van der Waals surface area contributed by atoms with Crippen LogP contribution in [0, 0.1) is 11.8 Å².